The zero-order chi connectivity index (χ0) is 20.1. The molecule has 7 heteroatoms. The van der Waals surface area contributed by atoms with Crippen molar-refractivity contribution in [2.24, 2.45) is 4.99 Å². The Morgan fingerprint density at radius 1 is 0.966 bits per heavy atom. The quantitative estimate of drug-likeness (QED) is 0.545. The fourth-order valence-electron chi connectivity index (χ4n) is 3.69. The van der Waals surface area contributed by atoms with Crippen molar-refractivity contribution in [3.8, 4) is 16.3 Å². The minimum absolute atomic E-state index is 0.509. The number of pyridine rings is 1. The molecule has 144 valence electrons. The third-order valence-electron chi connectivity index (χ3n) is 5.30. The first-order valence-corrected chi connectivity index (χ1v) is 10.2. The van der Waals surface area contributed by atoms with E-state index in [-0.39, 0.29) is 0 Å². The molecule has 1 aliphatic rings. The summed E-state index contributed by atoms with van der Waals surface area (Å²) in [7, 11) is 0. The van der Waals surface area contributed by atoms with Crippen LogP contribution in [-0.2, 0) is 6.54 Å². The van der Waals surface area contributed by atoms with Crippen molar-refractivity contribution in [3.63, 3.8) is 0 Å². The maximum Gasteiger partial charge on any atom is 0.160 e. The fraction of sp³-hybridized carbons (Fsp3) is 0.182. The topological polar surface area (TPSA) is 82.0 Å². The number of benzene rings is 1. The Morgan fingerprint density at radius 2 is 1.72 bits per heavy atom. The molecule has 1 aliphatic heterocycles. The van der Waals surface area contributed by atoms with Gasteiger partial charge in [-0.15, -0.1) is 21.5 Å². The van der Waals surface area contributed by atoms with Gasteiger partial charge in [-0.1, -0.05) is 30.3 Å². The standard InChI is InChI=1S/C22H20N6S/c1-12-13(2)29-22-20(12)21(24-11-19-27-26-14(3)28(19)22)16-9-7-15(8-10-16)17-5-4-6-18(23)25-17/h4-10H,11H2,1-3H3,(H2,23,25). The van der Waals surface area contributed by atoms with Gasteiger partial charge in [0.2, 0.25) is 0 Å². The zero-order valence-corrected chi connectivity index (χ0v) is 17.3. The summed E-state index contributed by atoms with van der Waals surface area (Å²) in [6.07, 6.45) is 0. The molecule has 2 N–H and O–H groups in total. The van der Waals surface area contributed by atoms with Crippen molar-refractivity contribution in [3.05, 3.63) is 75.7 Å². The highest BCUT2D eigenvalue weighted by molar-refractivity contribution is 7.15. The van der Waals surface area contributed by atoms with Crippen LogP contribution in [0.1, 0.15) is 33.2 Å². The van der Waals surface area contributed by atoms with E-state index < -0.39 is 0 Å². The predicted molar refractivity (Wildman–Crippen MR) is 117 cm³/mol. The molecule has 0 radical (unpaired) electrons. The van der Waals surface area contributed by atoms with Crippen LogP contribution in [-0.4, -0.2) is 25.5 Å². The first-order valence-electron chi connectivity index (χ1n) is 9.42. The zero-order valence-electron chi connectivity index (χ0n) is 16.5. The molecule has 0 amide bonds. The third-order valence-corrected chi connectivity index (χ3v) is 6.49. The van der Waals surface area contributed by atoms with Crippen LogP contribution in [0.25, 0.3) is 16.3 Å². The molecule has 29 heavy (non-hydrogen) atoms. The van der Waals surface area contributed by atoms with Crippen molar-refractivity contribution in [2.45, 2.75) is 27.3 Å². The van der Waals surface area contributed by atoms with Crippen LogP contribution in [0, 0.1) is 20.8 Å². The highest BCUT2D eigenvalue weighted by Gasteiger charge is 2.26. The summed E-state index contributed by atoms with van der Waals surface area (Å²) in [6.45, 7) is 6.81. The normalized spacial score (nSPS) is 12.9. The number of hydrogen-bond acceptors (Lipinski definition) is 6. The Bertz CT molecular complexity index is 1260. The maximum absolute atomic E-state index is 5.83. The smallest absolute Gasteiger partial charge is 0.160 e. The number of nitrogens with two attached hydrogens (primary N) is 1. The van der Waals surface area contributed by atoms with Crippen LogP contribution in [0.5, 0.6) is 0 Å². The molecule has 0 bridgehead atoms. The molecule has 0 aliphatic carbocycles. The molecule has 0 spiro atoms. The van der Waals surface area contributed by atoms with Gasteiger partial charge in [-0.2, -0.15) is 0 Å². The van der Waals surface area contributed by atoms with Gasteiger partial charge in [0, 0.05) is 21.6 Å². The number of rotatable bonds is 2. The molecule has 0 fully saturated rings. The largest absolute Gasteiger partial charge is 0.384 e. The Balaban J connectivity index is 1.63. The van der Waals surface area contributed by atoms with E-state index in [1.807, 2.05) is 19.1 Å². The summed E-state index contributed by atoms with van der Waals surface area (Å²) in [6, 6.07) is 14.0. The highest BCUT2D eigenvalue weighted by atomic mass is 32.1. The number of aromatic nitrogens is 4. The molecule has 4 heterocycles. The summed E-state index contributed by atoms with van der Waals surface area (Å²) in [5.41, 5.74) is 12.2. The number of thiophene rings is 1. The number of aliphatic imine (C=N–C) groups is 1. The number of fused-ring (bicyclic) bond motifs is 3. The summed E-state index contributed by atoms with van der Waals surface area (Å²) in [5.74, 6) is 2.29. The Kier molecular flexibility index (Phi) is 4.06. The summed E-state index contributed by atoms with van der Waals surface area (Å²) in [5, 5.41) is 9.75. The van der Waals surface area contributed by atoms with Crippen LogP contribution in [0.3, 0.4) is 0 Å². The lowest BCUT2D eigenvalue weighted by atomic mass is 9.98. The van der Waals surface area contributed by atoms with Gasteiger partial charge in [-0.05, 0) is 38.5 Å². The van der Waals surface area contributed by atoms with E-state index in [2.05, 4.69) is 57.9 Å². The second-order valence-corrected chi connectivity index (χ2v) is 8.36. The Labute approximate surface area is 172 Å². The molecule has 3 aromatic heterocycles. The molecular formula is C22H20N6S. The minimum atomic E-state index is 0.509. The number of anilines is 1. The lowest BCUT2D eigenvalue weighted by molar-refractivity contribution is 0.869. The average molecular weight is 401 g/mol. The van der Waals surface area contributed by atoms with Gasteiger partial charge in [0.05, 0.1) is 11.4 Å². The van der Waals surface area contributed by atoms with Crippen LogP contribution < -0.4 is 5.73 Å². The SMILES string of the molecule is Cc1sc2c(c1C)C(c1ccc(-c3cccc(N)n3)cc1)=NCc1nnc(C)n1-2. The first kappa shape index (κ1) is 17.8. The molecule has 4 aromatic rings. The lowest BCUT2D eigenvalue weighted by Crippen LogP contribution is -2.07. The van der Waals surface area contributed by atoms with Gasteiger partial charge in [0.1, 0.15) is 23.2 Å². The van der Waals surface area contributed by atoms with Gasteiger partial charge in [0.25, 0.3) is 0 Å². The Morgan fingerprint density at radius 3 is 2.48 bits per heavy atom. The third kappa shape index (κ3) is 2.86. The fourth-order valence-corrected chi connectivity index (χ4v) is 4.92. The van der Waals surface area contributed by atoms with E-state index in [0.29, 0.717) is 12.4 Å². The molecule has 5 rings (SSSR count). The molecule has 1 aromatic carbocycles. The second kappa shape index (κ2) is 6.63. The van der Waals surface area contributed by atoms with E-state index in [9.17, 15) is 0 Å². The number of nitrogens with zero attached hydrogens (tertiary/aromatic N) is 5. The van der Waals surface area contributed by atoms with Crippen molar-refractivity contribution >= 4 is 22.9 Å². The van der Waals surface area contributed by atoms with Gasteiger partial charge in [-0.25, -0.2) is 4.98 Å². The van der Waals surface area contributed by atoms with E-state index >= 15 is 0 Å². The molecule has 0 saturated heterocycles. The summed E-state index contributed by atoms with van der Waals surface area (Å²) in [4.78, 5) is 10.6. The van der Waals surface area contributed by atoms with Gasteiger partial charge in [0.15, 0.2) is 5.82 Å². The van der Waals surface area contributed by atoms with Gasteiger partial charge >= 0.3 is 0 Å². The molecular weight excluding hydrogens is 380 g/mol. The van der Waals surface area contributed by atoms with Gasteiger partial charge < -0.3 is 5.73 Å². The van der Waals surface area contributed by atoms with Crippen LogP contribution in [0.4, 0.5) is 5.82 Å². The van der Waals surface area contributed by atoms with E-state index in [1.54, 1.807) is 17.4 Å². The van der Waals surface area contributed by atoms with Crippen molar-refractivity contribution in [1.29, 1.82) is 0 Å². The second-order valence-electron chi connectivity index (χ2n) is 7.15. The lowest BCUT2D eigenvalue weighted by Gasteiger charge is -2.10. The van der Waals surface area contributed by atoms with E-state index in [1.165, 1.54) is 16.0 Å². The average Bonchev–Trinajstić information content (AvgIpc) is 3.16. The molecule has 0 saturated carbocycles. The van der Waals surface area contributed by atoms with Crippen LogP contribution in [0.15, 0.2) is 47.5 Å². The van der Waals surface area contributed by atoms with Gasteiger partial charge in [-0.3, -0.25) is 9.56 Å². The van der Waals surface area contributed by atoms with Crippen molar-refractivity contribution in [2.75, 3.05) is 5.73 Å². The minimum Gasteiger partial charge on any atom is -0.384 e. The van der Waals surface area contributed by atoms with Crippen molar-refractivity contribution in [1.82, 2.24) is 19.7 Å². The monoisotopic (exact) mass is 400 g/mol. The molecule has 0 atom stereocenters. The predicted octanol–water partition coefficient (Wildman–Crippen LogP) is 4.25. The first-order chi connectivity index (χ1) is 14.0. The Hall–Kier alpha value is -3.32. The van der Waals surface area contributed by atoms with Crippen LogP contribution >= 0.6 is 11.3 Å². The number of hydrogen-bond donors (Lipinski definition) is 1. The van der Waals surface area contributed by atoms with Crippen LogP contribution in [0.2, 0.25) is 0 Å². The van der Waals surface area contributed by atoms with E-state index in [4.69, 9.17) is 10.7 Å². The summed E-state index contributed by atoms with van der Waals surface area (Å²) >= 11 is 1.77. The number of aryl methyl sites for hydroxylation is 2. The molecule has 6 nitrogen and oxygen atoms in total. The molecule has 0 unspecified atom stereocenters. The maximum atomic E-state index is 5.83. The highest BCUT2D eigenvalue weighted by Crippen LogP contribution is 2.36. The number of nitrogen functional groups attached to an aromatic ring is 1. The van der Waals surface area contributed by atoms with E-state index in [0.717, 1.165) is 39.2 Å². The van der Waals surface area contributed by atoms with Crippen molar-refractivity contribution < 1.29 is 0 Å². The summed E-state index contributed by atoms with van der Waals surface area (Å²) < 4.78 is 2.14.